The lowest BCUT2D eigenvalue weighted by atomic mass is 10.0. The molecule has 0 saturated carbocycles. The summed E-state index contributed by atoms with van der Waals surface area (Å²) in [7, 11) is 1.63. The van der Waals surface area contributed by atoms with Gasteiger partial charge in [0.15, 0.2) is 0 Å². The topological polar surface area (TPSA) is 105 Å². The highest BCUT2D eigenvalue weighted by atomic mass is 31.2. The number of carbonyl (C=O) groups excluding carboxylic acids is 1. The van der Waals surface area contributed by atoms with Crippen LogP contribution in [-0.4, -0.2) is 73.4 Å². The van der Waals surface area contributed by atoms with Gasteiger partial charge < -0.3 is 19.8 Å². The molecule has 73 heavy (non-hydrogen) atoms. The summed E-state index contributed by atoms with van der Waals surface area (Å²) in [5.74, 6) is -0.141. The van der Waals surface area contributed by atoms with Crippen LogP contribution in [0.15, 0.2) is 24.3 Å². The standard InChI is InChI=1S/C64H127N2O6P/c1-6-8-10-12-14-16-18-20-22-24-26-28-30-32-33-34-36-38-40-42-44-46-48-50-52-54-56-58-64(68)65-62(61-72-73(69,70)71-60-59-66(3,4)5)63(67)57-55-53-51-49-47-45-43-41-39-37-35-31-29-27-25-23-21-19-17-15-13-11-9-7-2/h26,28,32-33,62-63,67H,6-25,27,29-31,34-61H2,1-5H3,(H-,65,68,69,70)/p+1/b28-26-,33-32-. The van der Waals surface area contributed by atoms with Gasteiger partial charge in [0.25, 0.3) is 0 Å². The van der Waals surface area contributed by atoms with E-state index in [9.17, 15) is 19.4 Å². The number of amides is 1. The second-order valence-electron chi connectivity index (χ2n) is 23.5. The summed E-state index contributed by atoms with van der Waals surface area (Å²) >= 11 is 0. The van der Waals surface area contributed by atoms with Crippen molar-refractivity contribution in [3.63, 3.8) is 0 Å². The fraction of sp³-hybridized carbons (Fsp3) is 0.922. The number of hydrogen-bond donors (Lipinski definition) is 3. The molecule has 3 unspecified atom stereocenters. The number of phosphoric ester groups is 1. The zero-order valence-electron chi connectivity index (χ0n) is 49.7. The largest absolute Gasteiger partial charge is 0.472 e. The van der Waals surface area contributed by atoms with Crippen LogP contribution < -0.4 is 5.32 Å². The second-order valence-corrected chi connectivity index (χ2v) is 25.0. The number of hydrogen-bond acceptors (Lipinski definition) is 5. The van der Waals surface area contributed by atoms with Gasteiger partial charge in [0.1, 0.15) is 13.2 Å². The van der Waals surface area contributed by atoms with Gasteiger partial charge in [-0.1, -0.05) is 301 Å². The Labute approximate surface area is 455 Å². The highest BCUT2D eigenvalue weighted by molar-refractivity contribution is 7.47. The van der Waals surface area contributed by atoms with Crippen LogP contribution in [0.2, 0.25) is 0 Å². The lowest BCUT2D eigenvalue weighted by Crippen LogP contribution is -2.46. The number of aliphatic hydroxyl groups excluding tert-OH is 1. The van der Waals surface area contributed by atoms with Crippen LogP contribution in [0.3, 0.4) is 0 Å². The molecule has 0 bridgehead atoms. The van der Waals surface area contributed by atoms with Gasteiger partial charge in [-0.15, -0.1) is 0 Å². The lowest BCUT2D eigenvalue weighted by molar-refractivity contribution is -0.870. The monoisotopic (exact) mass is 1050 g/mol. The second kappa shape index (κ2) is 55.7. The molecule has 0 heterocycles. The van der Waals surface area contributed by atoms with Crippen LogP contribution in [0.5, 0.6) is 0 Å². The molecule has 3 atom stereocenters. The first-order chi connectivity index (χ1) is 35.5. The van der Waals surface area contributed by atoms with Crippen molar-refractivity contribution in [2.45, 2.75) is 341 Å². The molecular weight excluding hydrogens is 924 g/mol. The van der Waals surface area contributed by atoms with Gasteiger partial charge in [-0.25, -0.2) is 4.57 Å². The van der Waals surface area contributed by atoms with E-state index >= 15 is 0 Å². The lowest BCUT2D eigenvalue weighted by Gasteiger charge is -2.26. The molecule has 8 nitrogen and oxygen atoms in total. The van der Waals surface area contributed by atoms with Crippen LogP contribution in [0.4, 0.5) is 0 Å². The van der Waals surface area contributed by atoms with E-state index in [1.54, 1.807) is 0 Å². The quantitative estimate of drug-likeness (QED) is 0.0243. The Morgan fingerprint density at radius 2 is 0.781 bits per heavy atom. The van der Waals surface area contributed by atoms with Gasteiger partial charge in [-0.05, 0) is 44.9 Å². The number of rotatable bonds is 60. The molecule has 9 heteroatoms. The smallest absolute Gasteiger partial charge is 0.391 e. The van der Waals surface area contributed by atoms with E-state index in [4.69, 9.17) is 9.05 Å². The number of phosphoric acid groups is 1. The normalized spacial score (nSPS) is 13.9. The Morgan fingerprint density at radius 1 is 0.466 bits per heavy atom. The minimum absolute atomic E-state index is 0.0759. The average Bonchev–Trinajstić information content (AvgIpc) is 3.35. The first kappa shape index (κ1) is 72.0. The first-order valence-corrected chi connectivity index (χ1v) is 33.7. The molecule has 3 N–H and O–H groups in total. The third-order valence-electron chi connectivity index (χ3n) is 15.0. The van der Waals surface area contributed by atoms with Crippen molar-refractivity contribution in [3.05, 3.63) is 24.3 Å². The maximum absolute atomic E-state index is 13.0. The highest BCUT2D eigenvalue weighted by Gasteiger charge is 2.28. The van der Waals surface area contributed by atoms with E-state index in [1.807, 2.05) is 21.1 Å². The predicted molar refractivity (Wildman–Crippen MR) is 318 cm³/mol. The summed E-state index contributed by atoms with van der Waals surface area (Å²) in [4.78, 5) is 23.4. The van der Waals surface area contributed by atoms with Crippen molar-refractivity contribution in [1.29, 1.82) is 0 Å². The van der Waals surface area contributed by atoms with Crippen molar-refractivity contribution in [2.75, 3.05) is 40.9 Å². The summed E-state index contributed by atoms with van der Waals surface area (Å²) < 4.78 is 23.9. The molecule has 0 rings (SSSR count). The minimum atomic E-state index is -4.33. The molecular formula is C64H128N2O6P+. The highest BCUT2D eigenvalue weighted by Crippen LogP contribution is 2.43. The SMILES string of the molecule is CCCCCCCCCCC/C=C\C/C=C\CCCCCCCCCCCCCC(=O)NC(COP(=O)(O)OCC[N+](C)(C)C)C(O)CCCCCCCCCCCCCCCCCCCCCCCCCC. The van der Waals surface area contributed by atoms with Crippen LogP contribution in [0.1, 0.15) is 328 Å². The Bertz CT molecular complexity index is 1240. The third-order valence-corrected chi connectivity index (χ3v) is 15.9. The molecule has 0 aliphatic carbocycles. The number of aliphatic hydroxyl groups is 1. The molecule has 0 aliphatic heterocycles. The van der Waals surface area contributed by atoms with Crippen LogP contribution in [-0.2, 0) is 18.4 Å². The third kappa shape index (κ3) is 58.5. The summed E-state index contributed by atoms with van der Waals surface area (Å²) in [5.41, 5.74) is 0. The summed E-state index contributed by atoms with van der Waals surface area (Å²) in [6, 6.07) is -0.762. The molecule has 434 valence electrons. The van der Waals surface area contributed by atoms with Gasteiger partial charge in [0.05, 0.1) is 39.9 Å². The number of quaternary nitrogens is 1. The maximum atomic E-state index is 13.0. The minimum Gasteiger partial charge on any atom is -0.391 e. The summed E-state index contributed by atoms with van der Waals surface area (Å²) in [6.45, 7) is 4.94. The number of nitrogens with zero attached hydrogens (tertiary/aromatic N) is 1. The Hall–Kier alpha value is -1.02. The molecule has 0 aliphatic rings. The average molecular weight is 1050 g/mol. The van der Waals surface area contributed by atoms with E-state index in [1.165, 1.54) is 257 Å². The zero-order valence-corrected chi connectivity index (χ0v) is 50.5. The molecule has 1 amide bonds. The predicted octanol–water partition coefficient (Wildman–Crippen LogP) is 19.9. The molecule has 0 aromatic carbocycles. The van der Waals surface area contributed by atoms with Crippen molar-refractivity contribution in [1.82, 2.24) is 5.32 Å². The van der Waals surface area contributed by atoms with Crippen LogP contribution in [0.25, 0.3) is 0 Å². The molecule has 0 aromatic rings. The zero-order chi connectivity index (χ0) is 53.5. The van der Waals surface area contributed by atoms with E-state index in [0.717, 1.165) is 44.9 Å². The summed E-state index contributed by atoms with van der Waals surface area (Å²) in [5, 5.41) is 14.1. The Balaban J connectivity index is 4.09. The maximum Gasteiger partial charge on any atom is 0.472 e. The van der Waals surface area contributed by atoms with Gasteiger partial charge in [-0.3, -0.25) is 13.8 Å². The van der Waals surface area contributed by atoms with Gasteiger partial charge in [-0.2, -0.15) is 0 Å². The number of likely N-dealkylation sites (N-methyl/N-ethyl adjacent to an activating group) is 1. The molecule has 0 saturated heterocycles. The number of allylic oxidation sites excluding steroid dienone is 4. The number of nitrogens with one attached hydrogen (secondary N) is 1. The van der Waals surface area contributed by atoms with Crippen LogP contribution >= 0.6 is 7.82 Å². The molecule has 0 fully saturated rings. The van der Waals surface area contributed by atoms with E-state index in [-0.39, 0.29) is 19.1 Å². The first-order valence-electron chi connectivity index (χ1n) is 32.2. The van der Waals surface area contributed by atoms with Crippen molar-refractivity contribution >= 4 is 13.7 Å². The van der Waals surface area contributed by atoms with Crippen molar-refractivity contribution in [3.8, 4) is 0 Å². The van der Waals surface area contributed by atoms with E-state index in [0.29, 0.717) is 23.9 Å². The van der Waals surface area contributed by atoms with Crippen LogP contribution in [0, 0.1) is 0 Å². The van der Waals surface area contributed by atoms with Gasteiger partial charge >= 0.3 is 7.82 Å². The van der Waals surface area contributed by atoms with E-state index in [2.05, 4.69) is 43.5 Å². The van der Waals surface area contributed by atoms with Gasteiger partial charge in [0, 0.05) is 6.42 Å². The number of unbranched alkanes of at least 4 members (excludes halogenated alkanes) is 43. The number of carbonyl (C=O) groups is 1. The Morgan fingerprint density at radius 3 is 1.12 bits per heavy atom. The Kier molecular flexibility index (Phi) is 54.9. The van der Waals surface area contributed by atoms with Gasteiger partial charge in [0.2, 0.25) is 5.91 Å². The molecule has 0 radical (unpaired) electrons. The fourth-order valence-corrected chi connectivity index (χ4v) is 10.6. The molecule has 0 spiro atoms. The fourth-order valence-electron chi connectivity index (χ4n) is 9.90. The summed E-state index contributed by atoms with van der Waals surface area (Å²) in [6.07, 6.45) is 71.1. The van der Waals surface area contributed by atoms with Crippen molar-refractivity contribution < 1.29 is 32.9 Å². The van der Waals surface area contributed by atoms with Crippen molar-refractivity contribution in [2.24, 2.45) is 0 Å². The molecule has 0 aromatic heterocycles. The van der Waals surface area contributed by atoms with E-state index < -0.39 is 20.0 Å².